The Morgan fingerprint density at radius 1 is 1.05 bits per heavy atom. The molecule has 2 amide bonds. The quantitative estimate of drug-likeness (QED) is 0.800. The highest BCUT2D eigenvalue weighted by Crippen LogP contribution is 2.10. The Morgan fingerprint density at radius 3 is 2.35 bits per heavy atom. The summed E-state index contributed by atoms with van der Waals surface area (Å²) >= 11 is 0. The first-order valence-corrected chi connectivity index (χ1v) is 6.48. The standard InChI is InChI=1S/C16H18N2O2/c1-12-6-8-15(9-7-12)18-16(20)17-10-13-4-2-3-5-14(13)11-19/h2-9,19H,10-11H2,1H3,(H2,17,18,20). The summed E-state index contributed by atoms with van der Waals surface area (Å²) in [6.07, 6.45) is 0. The number of hydrogen-bond acceptors (Lipinski definition) is 2. The van der Waals surface area contributed by atoms with Crippen molar-refractivity contribution in [2.75, 3.05) is 5.32 Å². The van der Waals surface area contributed by atoms with Crippen LogP contribution in [-0.4, -0.2) is 11.1 Å². The molecule has 0 radical (unpaired) electrons. The SMILES string of the molecule is Cc1ccc(NC(=O)NCc2ccccc2CO)cc1. The molecule has 4 nitrogen and oxygen atoms in total. The van der Waals surface area contributed by atoms with Gasteiger partial charge in [0.25, 0.3) is 0 Å². The van der Waals surface area contributed by atoms with Crippen LogP contribution in [0, 0.1) is 6.92 Å². The smallest absolute Gasteiger partial charge is 0.319 e. The van der Waals surface area contributed by atoms with E-state index in [1.807, 2.05) is 55.5 Å². The average molecular weight is 270 g/mol. The van der Waals surface area contributed by atoms with Gasteiger partial charge in [0, 0.05) is 12.2 Å². The summed E-state index contributed by atoms with van der Waals surface area (Å²) in [6, 6.07) is 14.8. The third-order valence-corrected chi connectivity index (χ3v) is 3.04. The number of amides is 2. The lowest BCUT2D eigenvalue weighted by atomic mass is 10.1. The first-order valence-electron chi connectivity index (χ1n) is 6.48. The van der Waals surface area contributed by atoms with Crippen molar-refractivity contribution < 1.29 is 9.90 Å². The van der Waals surface area contributed by atoms with Gasteiger partial charge in [-0.05, 0) is 30.2 Å². The van der Waals surface area contributed by atoms with E-state index >= 15 is 0 Å². The van der Waals surface area contributed by atoms with Gasteiger partial charge in [-0.2, -0.15) is 0 Å². The van der Waals surface area contributed by atoms with E-state index < -0.39 is 0 Å². The molecule has 0 fully saturated rings. The Bertz CT molecular complexity index is 579. The van der Waals surface area contributed by atoms with Crippen LogP contribution in [0.2, 0.25) is 0 Å². The number of nitrogens with one attached hydrogen (secondary N) is 2. The zero-order valence-corrected chi connectivity index (χ0v) is 11.4. The monoisotopic (exact) mass is 270 g/mol. The molecule has 2 aromatic rings. The van der Waals surface area contributed by atoms with Crippen molar-refractivity contribution in [3.05, 3.63) is 65.2 Å². The Kier molecular flexibility index (Phi) is 4.74. The number of anilines is 1. The molecule has 0 atom stereocenters. The molecule has 0 unspecified atom stereocenters. The van der Waals surface area contributed by atoms with Crippen LogP contribution in [0.5, 0.6) is 0 Å². The molecule has 0 aliphatic carbocycles. The highest BCUT2D eigenvalue weighted by atomic mass is 16.3. The Morgan fingerprint density at radius 2 is 1.70 bits per heavy atom. The van der Waals surface area contributed by atoms with E-state index in [4.69, 9.17) is 0 Å². The highest BCUT2D eigenvalue weighted by molar-refractivity contribution is 5.89. The van der Waals surface area contributed by atoms with Crippen LogP contribution >= 0.6 is 0 Å². The second-order valence-electron chi connectivity index (χ2n) is 4.60. The van der Waals surface area contributed by atoms with Crippen molar-refractivity contribution in [3.63, 3.8) is 0 Å². The minimum absolute atomic E-state index is 0.0303. The van der Waals surface area contributed by atoms with Gasteiger partial charge in [-0.25, -0.2) is 4.79 Å². The van der Waals surface area contributed by atoms with Gasteiger partial charge >= 0.3 is 6.03 Å². The van der Waals surface area contributed by atoms with Crippen LogP contribution in [-0.2, 0) is 13.2 Å². The molecule has 104 valence electrons. The van der Waals surface area contributed by atoms with Gasteiger partial charge in [-0.3, -0.25) is 0 Å². The van der Waals surface area contributed by atoms with Gasteiger partial charge < -0.3 is 15.7 Å². The summed E-state index contributed by atoms with van der Waals surface area (Å²) in [5, 5.41) is 14.8. The van der Waals surface area contributed by atoms with E-state index in [1.165, 1.54) is 0 Å². The van der Waals surface area contributed by atoms with E-state index in [-0.39, 0.29) is 12.6 Å². The first-order chi connectivity index (χ1) is 9.69. The second-order valence-corrected chi connectivity index (χ2v) is 4.60. The number of hydrogen-bond donors (Lipinski definition) is 3. The third-order valence-electron chi connectivity index (χ3n) is 3.04. The molecule has 4 heteroatoms. The zero-order chi connectivity index (χ0) is 14.4. The number of aliphatic hydroxyl groups excluding tert-OH is 1. The number of rotatable bonds is 4. The molecule has 0 spiro atoms. The molecule has 3 N–H and O–H groups in total. The number of aryl methyl sites for hydroxylation is 1. The molecular formula is C16H18N2O2. The van der Waals surface area contributed by atoms with E-state index in [0.717, 1.165) is 22.4 Å². The fourth-order valence-electron chi connectivity index (χ4n) is 1.87. The minimum atomic E-state index is -0.262. The van der Waals surface area contributed by atoms with Gasteiger partial charge in [-0.15, -0.1) is 0 Å². The molecule has 0 aliphatic rings. The van der Waals surface area contributed by atoms with E-state index in [1.54, 1.807) is 0 Å². The second kappa shape index (κ2) is 6.73. The van der Waals surface area contributed by atoms with Gasteiger partial charge in [0.05, 0.1) is 6.61 Å². The Labute approximate surface area is 118 Å². The van der Waals surface area contributed by atoms with Crippen molar-refractivity contribution in [2.45, 2.75) is 20.1 Å². The maximum atomic E-state index is 11.8. The van der Waals surface area contributed by atoms with Crippen LogP contribution < -0.4 is 10.6 Å². The lowest BCUT2D eigenvalue weighted by Gasteiger charge is -2.10. The molecule has 0 saturated carbocycles. The summed E-state index contributed by atoms with van der Waals surface area (Å²) in [5.41, 5.74) is 3.63. The number of carbonyl (C=O) groups excluding carboxylic acids is 1. The van der Waals surface area contributed by atoms with Crippen LogP contribution in [0.25, 0.3) is 0 Å². The van der Waals surface area contributed by atoms with Crippen molar-refractivity contribution in [1.29, 1.82) is 0 Å². The van der Waals surface area contributed by atoms with Crippen molar-refractivity contribution in [2.24, 2.45) is 0 Å². The molecule has 2 aromatic carbocycles. The number of carbonyl (C=O) groups is 1. The average Bonchev–Trinajstić information content (AvgIpc) is 2.48. The third kappa shape index (κ3) is 3.83. The summed E-state index contributed by atoms with van der Waals surface area (Å²) in [7, 11) is 0. The molecule has 0 heterocycles. The molecule has 0 aliphatic heterocycles. The van der Waals surface area contributed by atoms with Crippen LogP contribution in [0.3, 0.4) is 0 Å². The summed E-state index contributed by atoms with van der Waals surface area (Å²) < 4.78 is 0. The topological polar surface area (TPSA) is 61.4 Å². The van der Waals surface area contributed by atoms with Gasteiger partial charge in [0.15, 0.2) is 0 Å². The Balaban J connectivity index is 1.90. The first kappa shape index (κ1) is 14.1. The molecule has 2 rings (SSSR count). The van der Waals surface area contributed by atoms with E-state index in [9.17, 15) is 9.90 Å². The summed E-state index contributed by atoms with van der Waals surface area (Å²) in [5.74, 6) is 0. The van der Waals surface area contributed by atoms with E-state index in [0.29, 0.717) is 6.54 Å². The van der Waals surface area contributed by atoms with Crippen molar-refractivity contribution >= 4 is 11.7 Å². The van der Waals surface area contributed by atoms with Crippen molar-refractivity contribution in [1.82, 2.24) is 5.32 Å². The van der Waals surface area contributed by atoms with Crippen LogP contribution in [0.15, 0.2) is 48.5 Å². The largest absolute Gasteiger partial charge is 0.392 e. The predicted octanol–water partition coefficient (Wildman–Crippen LogP) is 2.81. The van der Waals surface area contributed by atoms with Crippen LogP contribution in [0.1, 0.15) is 16.7 Å². The van der Waals surface area contributed by atoms with Crippen molar-refractivity contribution in [3.8, 4) is 0 Å². The Hall–Kier alpha value is -2.33. The number of urea groups is 1. The molecule has 0 bridgehead atoms. The summed E-state index contributed by atoms with van der Waals surface area (Å²) in [4.78, 5) is 11.8. The van der Waals surface area contributed by atoms with Gasteiger partial charge in [-0.1, -0.05) is 42.0 Å². The maximum absolute atomic E-state index is 11.8. The molecule has 0 aromatic heterocycles. The predicted molar refractivity (Wildman–Crippen MR) is 79.4 cm³/mol. The van der Waals surface area contributed by atoms with Gasteiger partial charge in [0.1, 0.15) is 0 Å². The summed E-state index contributed by atoms with van der Waals surface area (Å²) in [6.45, 7) is 2.35. The number of aliphatic hydroxyl groups is 1. The molecule has 0 saturated heterocycles. The lowest BCUT2D eigenvalue weighted by Crippen LogP contribution is -2.28. The van der Waals surface area contributed by atoms with Gasteiger partial charge in [0.2, 0.25) is 0 Å². The fourth-order valence-corrected chi connectivity index (χ4v) is 1.87. The lowest BCUT2D eigenvalue weighted by molar-refractivity contribution is 0.251. The number of benzene rings is 2. The van der Waals surface area contributed by atoms with Crippen LogP contribution in [0.4, 0.5) is 10.5 Å². The molecular weight excluding hydrogens is 252 g/mol. The normalized spacial score (nSPS) is 10.1. The highest BCUT2D eigenvalue weighted by Gasteiger charge is 2.04. The fraction of sp³-hybridized carbons (Fsp3) is 0.188. The van der Waals surface area contributed by atoms with E-state index in [2.05, 4.69) is 10.6 Å². The zero-order valence-electron chi connectivity index (χ0n) is 11.4. The maximum Gasteiger partial charge on any atom is 0.319 e. The minimum Gasteiger partial charge on any atom is -0.392 e. The molecule has 20 heavy (non-hydrogen) atoms.